The average Bonchev–Trinajstić information content (AvgIpc) is 2.60. The maximum atomic E-state index is 15.4. The van der Waals surface area contributed by atoms with Gasteiger partial charge in [0.2, 0.25) is 0 Å². The Morgan fingerprint density at radius 3 is 1.69 bits per heavy atom. The molecule has 2 aromatic carbocycles. The second-order valence-corrected chi connectivity index (χ2v) is 8.60. The van der Waals surface area contributed by atoms with Crippen molar-refractivity contribution in [1.29, 1.82) is 0 Å². The van der Waals surface area contributed by atoms with Crippen molar-refractivity contribution in [1.82, 2.24) is 0 Å². The van der Waals surface area contributed by atoms with Gasteiger partial charge in [-0.05, 0) is 54.4 Å². The summed E-state index contributed by atoms with van der Waals surface area (Å²) in [6.07, 6.45) is 3.70. The summed E-state index contributed by atoms with van der Waals surface area (Å²) in [7, 11) is 0. The minimum Gasteiger partial charge on any atom is -0.244 e. The lowest BCUT2D eigenvalue weighted by Crippen LogP contribution is -2.52. The van der Waals surface area contributed by atoms with Gasteiger partial charge in [0, 0.05) is 5.41 Å². The summed E-state index contributed by atoms with van der Waals surface area (Å²) in [5.74, 6) is 0. The number of rotatable bonds is 7. The normalized spacial score (nSPS) is 14.7. The summed E-state index contributed by atoms with van der Waals surface area (Å²) in [5, 5.41) is 0. The first kappa shape index (κ1) is 20.4. The van der Waals surface area contributed by atoms with E-state index in [0.717, 1.165) is 24.0 Å². The van der Waals surface area contributed by atoms with Gasteiger partial charge >= 0.3 is 0 Å². The van der Waals surface area contributed by atoms with Gasteiger partial charge in [0.05, 0.1) is 0 Å². The van der Waals surface area contributed by atoms with E-state index in [1.165, 1.54) is 11.1 Å². The second kappa shape index (κ2) is 7.39. The Labute approximate surface area is 159 Å². The molecule has 0 bridgehead atoms. The first-order valence-electron chi connectivity index (χ1n) is 9.56. The molecule has 0 aliphatic rings. The third-order valence-corrected chi connectivity index (χ3v) is 6.35. The first-order chi connectivity index (χ1) is 12.1. The Kier molecular flexibility index (Phi) is 5.80. The molecule has 0 fully saturated rings. The van der Waals surface area contributed by atoms with Gasteiger partial charge in [-0.15, -0.1) is 6.58 Å². The summed E-state index contributed by atoms with van der Waals surface area (Å²) in [6, 6.07) is 17.1. The lowest BCUT2D eigenvalue weighted by molar-refractivity contribution is 0.00924. The Morgan fingerprint density at radius 1 is 0.846 bits per heavy atom. The van der Waals surface area contributed by atoms with Gasteiger partial charge in [0.25, 0.3) is 0 Å². The highest BCUT2D eigenvalue weighted by molar-refractivity contribution is 5.64. The van der Waals surface area contributed by atoms with Crippen molar-refractivity contribution in [2.75, 3.05) is 0 Å². The minimum atomic E-state index is -1.36. The highest BCUT2D eigenvalue weighted by Crippen LogP contribution is 2.52. The molecule has 0 N–H and O–H groups in total. The molecule has 2 aromatic rings. The Hall–Kier alpha value is -1.89. The van der Waals surface area contributed by atoms with Crippen LogP contribution >= 0.6 is 0 Å². The smallest absolute Gasteiger partial charge is 0.115 e. The predicted octanol–water partition coefficient (Wildman–Crippen LogP) is 7.52. The number of alkyl halides is 1. The number of hydrogen-bond acceptors (Lipinski definition) is 0. The molecular formula is C25H33F. The molecule has 1 atom stereocenters. The Bertz CT molecular complexity index is 729. The van der Waals surface area contributed by atoms with Gasteiger partial charge in [-0.25, -0.2) is 4.39 Å². The largest absolute Gasteiger partial charge is 0.244 e. The highest BCUT2D eigenvalue weighted by atomic mass is 19.1. The van der Waals surface area contributed by atoms with E-state index >= 15 is 4.39 Å². The van der Waals surface area contributed by atoms with Crippen molar-refractivity contribution >= 4 is 0 Å². The second-order valence-electron chi connectivity index (χ2n) is 8.60. The maximum Gasteiger partial charge on any atom is 0.115 e. The van der Waals surface area contributed by atoms with E-state index in [2.05, 4.69) is 75.9 Å². The third kappa shape index (κ3) is 3.63. The molecule has 1 heteroatoms. The van der Waals surface area contributed by atoms with Crippen LogP contribution in [0.15, 0.2) is 61.2 Å². The molecule has 1 unspecified atom stereocenters. The molecule has 0 saturated carbocycles. The molecule has 0 aliphatic heterocycles. The summed E-state index contributed by atoms with van der Waals surface area (Å²) < 4.78 is 15.4. The van der Waals surface area contributed by atoms with Crippen LogP contribution in [0.4, 0.5) is 4.39 Å². The molecule has 0 aromatic heterocycles. The summed E-state index contributed by atoms with van der Waals surface area (Å²) >= 11 is 0. The average molecular weight is 353 g/mol. The van der Waals surface area contributed by atoms with E-state index in [0.29, 0.717) is 0 Å². The molecule has 0 aliphatic carbocycles. The molecule has 26 heavy (non-hydrogen) atoms. The maximum absolute atomic E-state index is 15.4. The predicted molar refractivity (Wildman–Crippen MR) is 112 cm³/mol. The van der Waals surface area contributed by atoms with E-state index in [4.69, 9.17) is 0 Å². The van der Waals surface area contributed by atoms with Crippen LogP contribution in [0.5, 0.6) is 0 Å². The van der Waals surface area contributed by atoms with Crippen molar-refractivity contribution < 1.29 is 4.39 Å². The third-order valence-electron chi connectivity index (χ3n) is 6.35. The molecule has 0 amide bonds. The highest BCUT2D eigenvalue weighted by Gasteiger charge is 2.52. The summed E-state index contributed by atoms with van der Waals surface area (Å²) in [6.45, 7) is 15.7. The number of allylic oxidation sites excluding steroid dienone is 1. The van der Waals surface area contributed by atoms with Crippen molar-refractivity contribution in [3.63, 3.8) is 0 Å². The topological polar surface area (TPSA) is 0 Å². The fourth-order valence-corrected chi connectivity index (χ4v) is 4.03. The van der Waals surface area contributed by atoms with Gasteiger partial charge in [-0.2, -0.15) is 0 Å². The van der Waals surface area contributed by atoms with E-state index in [-0.39, 0.29) is 5.41 Å². The van der Waals surface area contributed by atoms with Gasteiger partial charge in [-0.3, -0.25) is 0 Å². The zero-order valence-electron chi connectivity index (χ0n) is 17.2. The Balaban J connectivity index is 2.46. The van der Waals surface area contributed by atoms with Crippen molar-refractivity contribution in [3.8, 4) is 11.1 Å². The number of benzene rings is 2. The monoisotopic (exact) mass is 352 g/mol. The van der Waals surface area contributed by atoms with Crippen LogP contribution < -0.4 is 0 Å². The SMILES string of the molecule is C=CCC(C)(C)C(C)(c1ccc(-c2ccc(CC)cc2)cc1)C(C)(C)F. The fourth-order valence-electron chi connectivity index (χ4n) is 4.03. The molecule has 0 nitrogen and oxygen atoms in total. The number of aryl methyl sites for hydroxylation is 1. The fraction of sp³-hybridized carbons (Fsp3) is 0.440. The van der Waals surface area contributed by atoms with Crippen molar-refractivity contribution in [2.45, 2.75) is 65.5 Å². The van der Waals surface area contributed by atoms with E-state index in [9.17, 15) is 0 Å². The zero-order chi connectivity index (χ0) is 19.6. The molecular weight excluding hydrogens is 319 g/mol. The molecule has 0 radical (unpaired) electrons. The summed E-state index contributed by atoms with van der Waals surface area (Å²) in [5.41, 5.74) is 2.49. The van der Waals surface area contributed by atoms with Crippen LogP contribution in [0.3, 0.4) is 0 Å². The van der Waals surface area contributed by atoms with E-state index in [1.54, 1.807) is 13.8 Å². The standard InChI is InChI=1S/C25H33F/c1-8-18-23(3,4)25(7,24(5,6)26)22-16-14-21(15-17-22)20-12-10-19(9-2)11-13-20/h8,10-17H,1,9,18H2,2-7H3. The van der Waals surface area contributed by atoms with Crippen LogP contribution in [0.2, 0.25) is 0 Å². The van der Waals surface area contributed by atoms with Gasteiger partial charge < -0.3 is 0 Å². The van der Waals surface area contributed by atoms with Crippen LogP contribution in [-0.2, 0) is 11.8 Å². The van der Waals surface area contributed by atoms with Gasteiger partial charge in [-0.1, -0.05) is 82.3 Å². The molecule has 2 rings (SSSR count). The van der Waals surface area contributed by atoms with Gasteiger partial charge in [0.1, 0.15) is 5.67 Å². The van der Waals surface area contributed by atoms with Crippen LogP contribution in [-0.4, -0.2) is 5.67 Å². The first-order valence-corrected chi connectivity index (χ1v) is 9.56. The molecule has 0 heterocycles. The van der Waals surface area contributed by atoms with Gasteiger partial charge in [0.15, 0.2) is 0 Å². The van der Waals surface area contributed by atoms with Crippen LogP contribution in [0, 0.1) is 5.41 Å². The van der Waals surface area contributed by atoms with Crippen molar-refractivity contribution in [3.05, 3.63) is 72.3 Å². The zero-order valence-corrected chi connectivity index (χ0v) is 17.2. The quantitative estimate of drug-likeness (QED) is 0.452. The molecule has 0 saturated heterocycles. The number of hydrogen-bond donors (Lipinski definition) is 0. The van der Waals surface area contributed by atoms with E-state index in [1.807, 2.05) is 13.0 Å². The van der Waals surface area contributed by atoms with E-state index < -0.39 is 11.1 Å². The van der Waals surface area contributed by atoms with Crippen LogP contribution in [0.25, 0.3) is 11.1 Å². The molecule has 0 spiro atoms. The Morgan fingerprint density at radius 2 is 1.31 bits per heavy atom. The minimum absolute atomic E-state index is 0.253. The lowest BCUT2D eigenvalue weighted by atomic mass is 9.55. The van der Waals surface area contributed by atoms with Crippen LogP contribution in [0.1, 0.15) is 59.1 Å². The summed E-state index contributed by atoms with van der Waals surface area (Å²) in [4.78, 5) is 0. The van der Waals surface area contributed by atoms with Crippen molar-refractivity contribution in [2.24, 2.45) is 5.41 Å². The number of halogens is 1. The molecule has 140 valence electrons. The lowest BCUT2D eigenvalue weighted by Gasteiger charge is -2.50.